The Hall–Kier alpha value is -4.14. The third kappa shape index (κ3) is 5.76. The Morgan fingerprint density at radius 2 is 1.64 bits per heavy atom. The second kappa shape index (κ2) is 9.99. The topological polar surface area (TPSA) is 121 Å². The van der Waals surface area contributed by atoms with Gasteiger partial charge in [-0.05, 0) is 30.2 Å². The third-order valence-electron chi connectivity index (χ3n) is 4.82. The number of aryl methyl sites for hydroxylation is 1. The van der Waals surface area contributed by atoms with E-state index in [1.807, 2.05) is 12.1 Å². The number of carbonyl (C=O) groups is 3. The Morgan fingerprint density at radius 1 is 0.970 bits per heavy atom. The van der Waals surface area contributed by atoms with Gasteiger partial charge in [0.05, 0.1) is 24.5 Å². The van der Waals surface area contributed by atoms with Crippen LogP contribution in [0.5, 0.6) is 17.2 Å². The standard InChI is InChI=1S/C24H23NO8/c1-13-19(11-22(28)25-12-16-5-7-17(30-4)8-6-16)24(29)33-21-10-18(31-14(2)26)9-20(23(13)21)32-15(3)27/h5-10H,11-12H2,1-4H3,(H,25,28). The number of methoxy groups -OCH3 is 1. The predicted molar refractivity (Wildman–Crippen MR) is 118 cm³/mol. The lowest BCUT2D eigenvalue weighted by molar-refractivity contribution is -0.132. The molecule has 3 aromatic rings. The van der Waals surface area contributed by atoms with E-state index in [1.165, 1.54) is 26.0 Å². The van der Waals surface area contributed by atoms with E-state index in [0.717, 1.165) is 5.56 Å². The molecule has 1 heterocycles. The van der Waals surface area contributed by atoms with Crippen molar-refractivity contribution in [2.75, 3.05) is 7.11 Å². The van der Waals surface area contributed by atoms with Crippen molar-refractivity contribution < 1.29 is 33.0 Å². The van der Waals surface area contributed by atoms with Crippen LogP contribution in [0.2, 0.25) is 0 Å². The number of carbonyl (C=O) groups excluding carboxylic acids is 3. The van der Waals surface area contributed by atoms with Crippen LogP contribution >= 0.6 is 0 Å². The maximum Gasteiger partial charge on any atom is 0.340 e. The fraction of sp³-hybridized carbons (Fsp3) is 0.250. The van der Waals surface area contributed by atoms with Gasteiger partial charge in [0.15, 0.2) is 0 Å². The molecule has 3 rings (SSSR count). The molecule has 0 unspecified atom stereocenters. The minimum atomic E-state index is -0.714. The summed E-state index contributed by atoms with van der Waals surface area (Å²) in [7, 11) is 1.57. The van der Waals surface area contributed by atoms with Crippen LogP contribution < -0.4 is 25.2 Å². The van der Waals surface area contributed by atoms with Crippen LogP contribution in [0.15, 0.2) is 45.6 Å². The van der Waals surface area contributed by atoms with Gasteiger partial charge >= 0.3 is 17.6 Å². The molecule has 0 atom stereocenters. The summed E-state index contributed by atoms with van der Waals surface area (Å²) in [6, 6.07) is 9.91. The molecule has 1 amide bonds. The Labute approximate surface area is 189 Å². The van der Waals surface area contributed by atoms with Gasteiger partial charge in [0.2, 0.25) is 5.91 Å². The first-order valence-electron chi connectivity index (χ1n) is 10.0. The van der Waals surface area contributed by atoms with Crippen molar-refractivity contribution in [3.63, 3.8) is 0 Å². The molecule has 1 N–H and O–H groups in total. The molecular formula is C24H23NO8. The van der Waals surface area contributed by atoms with Gasteiger partial charge in [-0.2, -0.15) is 0 Å². The quantitative estimate of drug-likeness (QED) is 0.329. The van der Waals surface area contributed by atoms with Crippen LogP contribution in [0.25, 0.3) is 11.0 Å². The van der Waals surface area contributed by atoms with Gasteiger partial charge in [-0.1, -0.05) is 12.1 Å². The van der Waals surface area contributed by atoms with Gasteiger partial charge in [0.1, 0.15) is 22.8 Å². The van der Waals surface area contributed by atoms with Crippen LogP contribution in [0.1, 0.15) is 30.5 Å². The summed E-state index contributed by atoms with van der Waals surface area (Å²) in [4.78, 5) is 48.1. The number of esters is 2. The van der Waals surface area contributed by atoms with E-state index >= 15 is 0 Å². The molecule has 0 aliphatic carbocycles. The van der Waals surface area contributed by atoms with Crippen molar-refractivity contribution in [3.05, 3.63) is 63.5 Å². The largest absolute Gasteiger partial charge is 0.497 e. The zero-order valence-corrected chi connectivity index (χ0v) is 18.6. The van der Waals surface area contributed by atoms with Gasteiger partial charge in [-0.25, -0.2) is 4.79 Å². The van der Waals surface area contributed by atoms with Crippen molar-refractivity contribution in [2.45, 2.75) is 33.7 Å². The van der Waals surface area contributed by atoms with Crippen molar-refractivity contribution in [1.82, 2.24) is 5.32 Å². The SMILES string of the molecule is COc1ccc(CNC(=O)Cc2c(C)c3c(OC(C)=O)cc(OC(C)=O)cc3oc2=O)cc1. The summed E-state index contributed by atoms with van der Waals surface area (Å²) < 4.78 is 20.8. The normalized spacial score (nSPS) is 10.5. The molecular weight excluding hydrogens is 430 g/mol. The highest BCUT2D eigenvalue weighted by Gasteiger charge is 2.20. The first kappa shape index (κ1) is 23.5. The Kier molecular flexibility index (Phi) is 7.12. The van der Waals surface area contributed by atoms with Crippen molar-refractivity contribution in [2.24, 2.45) is 0 Å². The van der Waals surface area contributed by atoms with E-state index in [2.05, 4.69) is 5.32 Å². The van der Waals surface area contributed by atoms with E-state index in [9.17, 15) is 19.2 Å². The highest BCUT2D eigenvalue weighted by atomic mass is 16.5. The van der Waals surface area contributed by atoms with Crippen molar-refractivity contribution in [1.29, 1.82) is 0 Å². The number of hydrogen-bond donors (Lipinski definition) is 1. The van der Waals surface area contributed by atoms with Gasteiger partial charge in [0.25, 0.3) is 0 Å². The molecule has 1 aromatic heterocycles. The summed E-state index contributed by atoms with van der Waals surface area (Å²) >= 11 is 0. The first-order valence-corrected chi connectivity index (χ1v) is 10.0. The van der Waals surface area contributed by atoms with Gasteiger partial charge in [-0.3, -0.25) is 14.4 Å². The first-order chi connectivity index (χ1) is 15.7. The third-order valence-corrected chi connectivity index (χ3v) is 4.82. The highest BCUT2D eigenvalue weighted by molar-refractivity contribution is 5.92. The summed E-state index contributed by atoms with van der Waals surface area (Å²) in [5.74, 6) is -0.773. The highest BCUT2D eigenvalue weighted by Crippen LogP contribution is 2.34. The van der Waals surface area contributed by atoms with E-state index in [4.69, 9.17) is 18.6 Å². The second-order valence-electron chi connectivity index (χ2n) is 7.28. The number of nitrogens with one attached hydrogen (secondary N) is 1. The Bertz CT molecular complexity index is 1270. The minimum absolute atomic E-state index is 0.0531. The maximum absolute atomic E-state index is 12.6. The van der Waals surface area contributed by atoms with E-state index in [1.54, 1.807) is 26.2 Å². The zero-order chi connectivity index (χ0) is 24.1. The summed E-state index contributed by atoms with van der Waals surface area (Å²) in [6.07, 6.45) is -0.231. The lowest BCUT2D eigenvalue weighted by Crippen LogP contribution is -2.27. The summed E-state index contributed by atoms with van der Waals surface area (Å²) in [5.41, 5.74) is 0.764. The average molecular weight is 453 g/mol. The van der Waals surface area contributed by atoms with Crippen LogP contribution in [0.3, 0.4) is 0 Å². The van der Waals surface area contributed by atoms with Crippen LogP contribution in [-0.4, -0.2) is 25.0 Å². The summed E-state index contributed by atoms with van der Waals surface area (Å²) in [6.45, 7) is 4.33. The number of ether oxygens (including phenoxy) is 3. The number of benzene rings is 2. The van der Waals surface area contributed by atoms with Crippen LogP contribution in [0, 0.1) is 6.92 Å². The fourth-order valence-corrected chi connectivity index (χ4v) is 3.31. The molecule has 9 heteroatoms. The molecule has 9 nitrogen and oxygen atoms in total. The fourth-order valence-electron chi connectivity index (χ4n) is 3.31. The van der Waals surface area contributed by atoms with Crippen molar-refractivity contribution in [3.8, 4) is 17.2 Å². The molecule has 2 aromatic carbocycles. The molecule has 0 fully saturated rings. The zero-order valence-electron chi connectivity index (χ0n) is 18.6. The maximum atomic E-state index is 12.6. The number of hydrogen-bond acceptors (Lipinski definition) is 8. The number of rotatable bonds is 7. The lowest BCUT2D eigenvalue weighted by Gasteiger charge is -2.13. The number of fused-ring (bicyclic) bond motifs is 1. The summed E-state index contributed by atoms with van der Waals surface area (Å²) in [5, 5.41) is 3.09. The molecule has 0 radical (unpaired) electrons. The molecule has 0 aliphatic heterocycles. The van der Waals surface area contributed by atoms with Gasteiger partial charge < -0.3 is 23.9 Å². The van der Waals surface area contributed by atoms with E-state index < -0.39 is 17.6 Å². The Balaban J connectivity index is 1.90. The van der Waals surface area contributed by atoms with Crippen LogP contribution in [-0.2, 0) is 27.3 Å². The second-order valence-corrected chi connectivity index (χ2v) is 7.28. The Morgan fingerprint density at radius 3 is 2.24 bits per heavy atom. The smallest absolute Gasteiger partial charge is 0.340 e. The minimum Gasteiger partial charge on any atom is -0.497 e. The molecule has 33 heavy (non-hydrogen) atoms. The molecule has 0 aliphatic rings. The van der Waals surface area contributed by atoms with Crippen molar-refractivity contribution >= 4 is 28.8 Å². The molecule has 0 saturated carbocycles. The lowest BCUT2D eigenvalue weighted by atomic mass is 10.0. The van der Waals surface area contributed by atoms with Crippen LogP contribution in [0.4, 0.5) is 0 Å². The molecule has 0 spiro atoms. The average Bonchev–Trinajstić information content (AvgIpc) is 2.74. The molecule has 0 saturated heterocycles. The molecule has 172 valence electrons. The molecule has 0 bridgehead atoms. The van der Waals surface area contributed by atoms with E-state index in [0.29, 0.717) is 16.7 Å². The number of amides is 1. The van der Waals surface area contributed by atoms with Gasteiger partial charge in [-0.15, -0.1) is 0 Å². The monoisotopic (exact) mass is 453 g/mol. The van der Waals surface area contributed by atoms with E-state index in [-0.39, 0.29) is 41.5 Å². The predicted octanol–water partition coefficient (Wildman–Crippen LogP) is 2.82. The van der Waals surface area contributed by atoms with Gasteiger partial charge in [0, 0.05) is 32.5 Å².